The third-order valence-electron chi connectivity index (χ3n) is 14.2. The topological polar surface area (TPSA) is 150 Å². The molecule has 0 saturated carbocycles. The SMILES string of the molecule is COC1(CN2CCN(C(=O)c3ccc(N4CCC5(CC4)CCN(c4ccc(C#N)c(Cl)c4)C5)cc3)CC2)CCN(c2ccc3c(c2)C(=O)N(C2CCC(=O)NC2=O)C3=O)CC1. The highest BCUT2D eigenvalue weighted by molar-refractivity contribution is 6.32. The van der Waals surface area contributed by atoms with E-state index in [0.717, 1.165) is 99.9 Å². The summed E-state index contributed by atoms with van der Waals surface area (Å²) in [5.41, 5.74) is 4.76. The van der Waals surface area contributed by atoms with Crippen LogP contribution in [0.2, 0.25) is 5.02 Å². The van der Waals surface area contributed by atoms with Gasteiger partial charge in [0.05, 0.1) is 27.3 Å². The smallest absolute Gasteiger partial charge is 0.262 e. The molecule has 3 aromatic carbocycles. The number of nitrogens with one attached hydrogen (secondary N) is 1. The van der Waals surface area contributed by atoms with Crippen LogP contribution in [0.3, 0.4) is 0 Å². The Morgan fingerprint density at radius 3 is 2.03 bits per heavy atom. The van der Waals surface area contributed by atoms with Crippen molar-refractivity contribution in [3.63, 3.8) is 0 Å². The summed E-state index contributed by atoms with van der Waals surface area (Å²) < 4.78 is 6.20. The lowest BCUT2D eigenvalue weighted by Crippen LogP contribution is -2.56. The van der Waals surface area contributed by atoms with Crippen LogP contribution in [0, 0.1) is 16.7 Å². The number of methoxy groups -OCH3 is 1. The van der Waals surface area contributed by atoms with Crippen molar-refractivity contribution in [2.75, 3.05) is 93.8 Å². The van der Waals surface area contributed by atoms with Gasteiger partial charge in [0, 0.05) is 108 Å². The Morgan fingerprint density at radius 2 is 1.38 bits per heavy atom. The molecule has 6 heterocycles. The van der Waals surface area contributed by atoms with Crippen molar-refractivity contribution in [2.24, 2.45) is 5.41 Å². The maximum atomic E-state index is 13.6. The number of hydrogen-bond acceptors (Lipinski definition) is 11. The van der Waals surface area contributed by atoms with E-state index in [0.29, 0.717) is 42.3 Å². The van der Waals surface area contributed by atoms with Gasteiger partial charge in [-0.1, -0.05) is 11.6 Å². The lowest BCUT2D eigenvalue weighted by molar-refractivity contribution is -0.136. The maximum absolute atomic E-state index is 13.6. The number of fused-ring (bicyclic) bond motifs is 1. The van der Waals surface area contributed by atoms with Crippen molar-refractivity contribution in [2.45, 2.75) is 56.6 Å². The van der Waals surface area contributed by atoms with E-state index in [4.69, 9.17) is 16.3 Å². The van der Waals surface area contributed by atoms with E-state index in [1.165, 1.54) is 0 Å². The number of halogens is 1. The Labute approximate surface area is 360 Å². The molecule has 0 aliphatic carbocycles. The van der Waals surface area contributed by atoms with E-state index in [1.54, 1.807) is 19.2 Å². The highest BCUT2D eigenvalue weighted by atomic mass is 35.5. The Balaban J connectivity index is 0.737. The molecular formula is C46H51ClN8O6. The predicted molar refractivity (Wildman–Crippen MR) is 230 cm³/mol. The fourth-order valence-electron chi connectivity index (χ4n) is 10.4. The molecule has 9 rings (SSSR count). The van der Waals surface area contributed by atoms with Crippen LogP contribution in [-0.2, 0) is 14.3 Å². The summed E-state index contributed by atoms with van der Waals surface area (Å²) >= 11 is 6.34. The summed E-state index contributed by atoms with van der Waals surface area (Å²) in [5, 5.41) is 12.0. The quantitative estimate of drug-likeness (QED) is 0.319. The van der Waals surface area contributed by atoms with Gasteiger partial charge in [-0.2, -0.15) is 5.26 Å². The number of ether oxygens (including phenoxy) is 1. The van der Waals surface area contributed by atoms with Crippen molar-refractivity contribution < 1.29 is 28.7 Å². The van der Waals surface area contributed by atoms with Gasteiger partial charge in [-0.15, -0.1) is 0 Å². The number of hydrogen-bond donors (Lipinski definition) is 1. The van der Waals surface area contributed by atoms with Crippen LogP contribution in [-0.4, -0.2) is 135 Å². The van der Waals surface area contributed by atoms with Crippen molar-refractivity contribution in [1.29, 1.82) is 5.26 Å². The first-order valence-corrected chi connectivity index (χ1v) is 21.8. The second-order valence-electron chi connectivity index (χ2n) is 17.6. The number of piperidine rings is 3. The highest BCUT2D eigenvalue weighted by Gasteiger charge is 2.46. The van der Waals surface area contributed by atoms with E-state index >= 15 is 0 Å². The van der Waals surface area contributed by atoms with Gasteiger partial charge in [0.1, 0.15) is 12.1 Å². The van der Waals surface area contributed by atoms with Gasteiger partial charge in [-0.25, -0.2) is 0 Å². The lowest BCUT2D eigenvalue weighted by Gasteiger charge is -2.45. The number of carbonyl (C=O) groups excluding carboxylic acids is 5. The van der Waals surface area contributed by atoms with Crippen LogP contribution < -0.4 is 20.0 Å². The zero-order chi connectivity index (χ0) is 42.5. The first kappa shape index (κ1) is 40.9. The summed E-state index contributed by atoms with van der Waals surface area (Å²) in [4.78, 5) is 76.8. The normalized spacial score (nSPS) is 22.8. The number of carbonyl (C=O) groups is 5. The first-order valence-electron chi connectivity index (χ1n) is 21.4. The molecule has 5 amide bonds. The molecule has 0 aromatic heterocycles. The van der Waals surface area contributed by atoms with E-state index in [1.807, 2.05) is 41.3 Å². The molecule has 1 atom stereocenters. The van der Waals surface area contributed by atoms with Crippen molar-refractivity contribution in [1.82, 2.24) is 20.0 Å². The minimum atomic E-state index is -0.994. The van der Waals surface area contributed by atoms with E-state index in [9.17, 15) is 29.2 Å². The minimum Gasteiger partial charge on any atom is -0.377 e. The van der Waals surface area contributed by atoms with Crippen LogP contribution in [0.25, 0.3) is 0 Å². The molecule has 0 radical (unpaired) electrons. The van der Waals surface area contributed by atoms with Gasteiger partial charge in [0.25, 0.3) is 17.7 Å². The van der Waals surface area contributed by atoms with Crippen LogP contribution in [0.15, 0.2) is 60.7 Å². The van der Waals surface area contributed by atoms with Gasteiger partial charge < -0.3 is 24.3 Å². The van der Waals surface area contributed by atoms with Crippen LogP contribution in [0.4, 0.5) is 17.1 Å². The van der Waals surface area contributed by atoms with Crippen LogP contribution >= 0.6 is 11.6 Å². The zero-order valence-corrected chi connectivity index (χ0v) is 35.3. The molecule has 61 heavy (non-hydrogen) atoms. The van der Waals surface area contributed by atoms with Crippen LogP contribution in [0.1, 0.15) is 81.6 Å². The number of amides is 5. The molecule has 5 fully saturated rings. The van der Waals surface area contributed by atoms with E-state index < -0.39 is 29.7 Å². The maximum Gasteiger partial charge on any atom is 0.262 e. The number of rotatable bonds is 8. The fraction of sp³-hybridized carbons (Fsp3) is 0.478. The summed E-state index contributed by atoms with van der Waals surface area (Å²) in [6, 6.07) is 20.3. The number of benzene rings is 3. The van der Waals surface area contributed by atoms with E-state index in [2.05, 4.69) is 43.1 Å². The molecule has 5 saturated heterocycles. The number of nitrogens with zero attached hydrogens (tertiary/aromatic N) is 7. The number of imide groups is 2. The fourth-order valence-corrected chi connectivity index (χ4v) is 10.6. The Bertz CT molecular complexity index is 2290. The number of anilines is 3. The molecule has 1 spiro atoms. The average molecular weight is 847 g/mol. The van der Waals surface area contributed by atoms with Gasteiger partial charge in [0.15, 0.2) is 0 Å². The molecule has 14 nitrogen and oxygen atoms in total. The predicted octanol–water partition coefficient (Wildman–Crippen LogP) is 4.55. The van der Waals surface area contributed by atoms with Gasteiger partial charge in [-0.3, -0.25) is 39.1 Å². The summed E-state index contributed by atoms with van der Waals surface area (Å²) in [5.74, 6) is -1.98. The summed E-state index contributed by atoms with van der Waals surface area (Å²) in [7, 11) is 1.77. The monoisotopic (exact) mass is 846 g/mol. The number of piperazine rings is 1. The molecule has 6 aliphatic heterocycles. The van der Waals surface area contributed by atoms with Gasteiger partial charge >= 0.3 is 0 Å². The lowest BCUT2D eigenvalue weighted by atomic mass is 9.77. The molecule has 0 bridgehead atoms. The van der Waals surface area contributed by atoms with Crippen molar-refractivity contribution in [3.05, 3.63) is 87.9 Å². The molecular weight excluding hydrogens is 796 g/mol. The largest absolute Gasteiger partial charge is 0.377 e. The van der Waals surface area contributed by atoms with Gasteiger partial charge in [-0.05, 0) is 105 Å². The number of nitriles is 1. The first-order chi connectivity index (χ1) is 29.5. The van der Waals surface area contributed by atoms with Crippen LogP contribution in [0.5, 0.6) is 0 Å². The summed E-state index contributed by atoms with van der Waals surface area (Å²) in [6.45, 7) is 8.90. The highest BCUT2D eigenvalue weighted by Crippen LogP contribution is 2.43. The van der Waals surface area contributed by atoms with Crippen molar-refractivity contribution in [3.8, 4) is 6.07 Å². The Morgan fingerprint density at radius 1 is 0.770 bits per heavy atom. The minimum absolute atomic E-state index is 0.0577. The molecule has 15 heteroatoms. The molecule has 6 aliphatic rings. The summed E-state index contributed by atoms with van der Waals surface area (Å²) in [6.07, 6.45) is 5.10. The second-order valence-corrected chi connectivity index (χ2v) is 18.0. The molecule has 1 unspecified atom stereocenters. The molecule has 3 aromatic rings. The third-order valence-corrected chi connectivity index (χ3v) is 14.6. The second kappa shape index (κ2) is 16.4. The molecule has 318 valence electrons. The third kappa shape index (κ3) is 7.83. The zero-order valence-electron chi connectivity index (χ0n) is 34.5. The standard InChI is InChI=1S/C46H51ClN8O6/c1-61-46(15-20-52(21-16-46)34-8-9-36-37(26-34)44(60)55(43(36)59)39-10-11-40(56)49-41(39)57)30-50-22-24-53(25-23-50)42(58)31-2-5-33(6-3-31)51-17-12-45(13-18-51)14-19-54(29-45)35-7-4-32(28-48)38(47)27-35/h2-9,26-27,39H,10-25,29-30H2,1H3,(H,49,56,57). The Kier molecular flexibility index (Phi) is 11.0. The van der Waals surface area contributed by atoms with Crippen molar-refractivity contribution >= 4 is 58.2 Å². The van der Waals surface area contributed by atoms with E-state index in [-0.39, 0.29) is 40.9 Å². The molecule has 1 N–H and O–H groups in total. The average Bonchev–Trinajstić information content (AvgIpc) is 3.81. The Hall–Kier alpha value is -5.49. The van der Waals surface area contributed by atoms with Gasteiger partial charge in [0.2, 0.25) is 11.8 Å².